The van der Waals surface area contributed by atoms with Gasteiger partial charge in [0.05, 0.1) is 21.4 Å². The smallest absolute Gasteiger partial charge is 0.269 e. The SMILES string of the molecule is N#Cc1ccc(NC(=O)C(O)(CCl)c2ccc([N+](=O)[O-])cc2)cc1Cl. The third-order valence-electron chi connectivity index (χ3n) is 3.47. The van der Waals surface area contributed by atoms with E-state index in [9.17, 15) is 20.0 Å². The van der Waals surface area contributed by atoms with Gasteiger partial charge in [0, 0.05) is 17.8 Å². The Kier molecular flexibility index (Phi) is 5.59. The van der Waals surface area contributed by atoms with Crippen molar-refractivity contribution in [2.45, 2.75) is 5.60 Å². The fourth-order valence-corrected chi connectivity index (χ4v) is 2.54. The van der Waals surface area contributed by atoms with Gasteiger partial charge in [-0.15, -0.1) is 11.6 Å². The molecule has 2 aromatic carbocycles. The fourth-order valence-electron chi connectivity index (χ4n) is 2.05. The van der Waals surface area contributed by atoms with E-state index in [1.807, 2.05) is 6.07 Å². The van der Waals surface area contributed by atoms with Gasteiger partial charge in [-0.25, -0.2) is 0 Å². The monoisotopic (exact) mass is 379 g/mol. The van der Waals surface area contributed by atoms with E-state index < -0.39 is 22.3 Å². The van der Waals surface area contributed by atoms with Crippen LogP contribution in [0.4, 0.5) is 11.4 Å². The number of amides is 1. The first-order valence-electron chi connectivity index (χ1n) is 6.86. The van der Waals surface area contributed by atoms with Gasteiger partial charge in [0.25, 0.3) is 11.6 Å². The molecule has 2 rings (SSSR count). The number of halogens is 2. The Labute approximate surface area is 152 Å². The number of anilines is 1. The van der Waals surface area contributed by atoms with Crippen molar-refractivity contribution in [1.82, 2.24) is 0 Å². The number of nitrogens with zero attached hydrogens (tertiary/aromatic N) is 2. The lowest BCUT2D eigenvalue weighted by Crippen LogP contribution is -2.42. The van der Waals surface area contributed by atoms with E-state index in [1.165, 1.54) is 42.5 Å². The Balaban J connectivity index is 2.29. The van der Waals surface area contributed by atoms with Gasteiger partial charge in [-0.2, -0.15) is 5.26 Å². The molecule has 25 heavy (non-hydrogen) atoms. The molecule has 0 radical (unpaired) electrons. The highest BCUT2D eigenvalue weighted by Gasteiger charge is 2.37. The molecule has 0 saturated carbocycles. The van der Waals surface area contributed by atoms with E-state index >= 15 is 0 Å². The summed E-state index contributed by atoms with van der Waals surface area (Å²) in [6, 6.07) is 11.0. The molecule has 0 aliphatic rings. The number of non-ortho nitro benzene ring substituents is 1. The Morgan fingerprint density at radius 3 is 2.44 bits per heavy atom. The summed E-state index contributed by atoms with van der Waals surface area (Å²) in [5, 5.41) is 32.8. The molecule has 128 valence electrons. The van der Waals surface area contributed by atoms with Gasteiger partial charge in [-0.1, -0.05) is 11.6 Å². The first-order chi connectivity index (χ1) is 11.8. The fraction of sp³-hybridized carbons (Fsp3) is 0.125. The predicted octanol–water partition coefficient (Wildman–Crippen LogP) is 3.18. The maximum Gasteiger partial charge on any atom is 0.269 e. The van der Waals surface area contributed by atoms with Crippen LogP contribution in [0.15, 0.2) is 42.5 Å². The molecule has 0 bridgehead atoms. The van der Waals surface area contributed by atoms with Crippen LogP contribution in [0.25, 0.3) is 0 Å². The second-order valence-electron chi connectivity index (χ2n) is 5.06. The number of hydrogen-bond donors (Lipinski definition) is 2. The van der Waals surface area contributed by atoms with Crippen LogP contribution in [0.2, 0.25) is 5.02 Å². The number of nitriles is 1. The molecule has 1 atom stereocenters. The Bertz CT molecular complexity index is 865. The van der Waals surface area contributed by atoms with Crippen molar-refractivity contribution in [1.29, 1.82) is 5.26 Å². The Morgan fingerprint density at radius 1 is 1.32 bits per heavy atom. The number of carbonyl (C=O) groups is 1. The van der Waals surface area contributed by atoms with Gasteiger partial charge in [0.2, 0.25) is 0 Å². The first kappa shape index (κ1) is 18.7. The molecular weight excluding hydrogens is 369 g/mol. The van der Waals surface area contributed by atoms with Crippen LogP contribution >= 0.6 is 23.2 Å². The van der Waals surface area contributed by atoms with E-state index in [0.29, 0.717) is 0 Å². The molecule has 2 aromatic rings. The Hall–Kier alpha value is -2.66. The van der Waals surface area contributed by atoms with Gasteiger partial charge in [0.15, 0.2) is 5.60 Å². The largest absolute Gasteiger partial charge is 0.374 e. The van der Waals surface area contributed by atoms with Gasteiger partial charge >= 0.3 is 0 Å². The molecular formula is C16H11Cl2N3O4. The highest BCUT2D eigenvalue weighted by molar-refractivity contribution is 6.32. The highest BCUT2D eigenvalue weighted by Crippen LogP contribution is 2.28. The van der Waals surface area contributed by atoms with E-state index in [0.717, 1.165) is 0 Å². The summed E-state index contributed by atoms with van der Waals surface area (Å²) in [5.41, 5.74) is -1.68. The minimum Gasteiger partial charge on any atom is -0.374 e. The summed E-state index contributed by atoms with van der Waals surface area (Å²) in [4.78, 5) is 22.6. The normalized spacial score (nSPS) is 12.7. The lowest BCUT2D eigenvalue weighted by Gasteiger charge is -2.25. The molecule has 7 nitrogen and oxygen atoms in total. The average molecular weight is 380 g/mol. The zero-order valence-corrected chi connectivity index (χ0v) is 14.1. The second-order valence-corrected chi connectivity index (χ2v) is 5.73. The molecule has 2 N–H and O–H groups in total. The average Bonchev–Trinajstić information content (AvgIpc) is 2.61. The van der Waals surface area contributed by atoms with Crippen molar-refractivity contribution < 1.29 is 14.8 Å². The number of benzene rings is 2. The number of carbonyl (C=O) groups excluding carboxylic acids is 1. The highest BCUT2D eigenvalue weighted by atomic mass is 35.5. The molecule has 0 heterocycles. The van der Waals surface area contributed by atoms with Crippen molar-refractivity contribution in [2.24, 2.45) is 0 Å². The Morgan fingerprint density at radius 2 is 1.96 bits per heavy atom. The van der Waals surface area contributed by atoms with Crippen molar-refractivity contribution in [3.63, 3.8) is 0 Å². The molecule has 9 heteroatoms. The van der Waals surface area contributed by atoms with E-state index in [2.05, 4.69) is 5.32 Å². The van der Waals surface area contributed by atoms with E-state index in [1.54, 1.807) is 0 Å². The van der Waals surface area contributed by atoms with Crippen molar-refractivity contribution in [3.8, 4) is 6.07 Å². The van der Waals surface area contributed by atoms with Gasteiger partial charge in [-0.3, -0.25) is 14.9 Å². The number of nitro benzene ring substituents is 1. The number of nitrogens with one attached hydrogen (secondary N) is 1. The summed E-state index contributed by atoms with van der Waals surface area (Å²) < 4.78 is 0. The van der Waals surface area contributed by atoms with Crippen LogP contribution in [0.3, 0.4) is 0 Å². The second kappa shape index (κ2) is 7.49. The lowest BCUT2D eigenvalue weighted by atomic mass is 9.94. The third kappa shape index (κ3) is 3.88. The van der Waals surface area contributed by atoms with E-state index in [-0.39, 0.29) is 27.5 Å². The molecule has 0 spiro atoms. The van der Waals surface area contributed by atoms with Crippen LogP contribution in [0.5, 0.6) is 0 Å². The van der Waals surface area contributed by atoms with Crippen LogP contribution in [-0.2, 0) is 10.4 Å². The summed E-state index contributed by atoms with van der Waals surface area (Å²) in [6.45, 7) is 0. The quantitative estimate of drug-likeness (QED) is 0.470. The van der Waals surface area contributed by atoms with Crippen LogP contribution in [0.1, 0.15) is 11.1 Å². The minimum atomic E-state index is -2.10. The van der Waals surface area contributed by atoms with Crippen LogP contribution in [0, 0.1) is 21.4 Å². The zero-order chi connectivity index (χ0) is 18.6. The predicted molar refractivity (Wildman–Crippen MR) is 92.5 cm³/mol. The van der Waals surface area contributed by atoms with Crippen molar-refractivity contribution in [3.05, 3.63) is 68.7 Å². The van der Waals surface area contributed by atoms with Crippen LogP contribution < -0.4 is 5.32 Å². The molecule has 0 fully saturated rings. The van der Waals surface area contributed by atoms with Crippen LogP contribution in [-0.4, -0.2) is 21.8 Å². The minimum absolute atomic E-state index is 0.102. The number of aliphatic hydroxyl groups is 1. The molecule has 0 aromatic heterocycles. The zero-order valence-electron chi connectivity index (χ0n) is 12.6. The van der Waals surface area contributed by atoms with Crippen molar-refractivity contribution >= 4 is 40.5 Å². The number of rotatable bonds is 5. The van der Waals surface area contributed by atoms with Gasteiger partial charge in [-0.05, 0) is 35.9 Å². The third-order valence-corrected chi connectivity index (χ3v) is 4.17. The molecule has 1 amide bonds. The summed E-state index contributed by atoms with van der Waals surface area (Å²) >= 11 is 11.7. The summed E-state index contributed by atoms with van der Waals surface area (Å²) in [7, 11) is 0. The number of hydrogen-bond acceptors (Lipinski definition) is 5. The topological polar surface area (TPSA) is 116 Å². The summed E-state index contributed by atoms with van der Waals surface area (Å²) in [5.74, 6) is -1.31. The first-order valence-corrected chi connectivity index (χ1v) is 7.77. The van der Waals surface area contributed by atoms with Gasteiger partial charge in [0.1, 0.15) is 6.07 Å². The molecule has 0 aliphatic heterocycles. The summed E-state index contributed by atoms with van der Waals surface area (Å²) in [6.07, 6.45) is 0. The maximum atomic E-state index is 12.5. The van der Waals surface area contributed by atoms with Crippen molar-refractivity contribution in [2.75, 3.05) is 11.2 Å². The number of alkyl halides is 1. The molecule has 0 aliphatic carbocycles. The number of nitro groups is 1. The molecule has 0 saturated heterocycles. The lowest BCUT2D eigenvalue weighted by molar-refractivity contribution is -0.384. The standard InChI is InChI=1S/C16H11Cl2N3O4/c17-9-16(23,11-2-5-13(6-3-11)21(24)25)15(22)20-12-4-1-10(8-19)14(18)7-12/h1-7,23H,9H2,(H,20,22). The maximum absolute atomic E-state index is 12.5. The molecule has 1 unspecified atom stereocenters. The van der Waals surface area contributed by atoms with E-state index in [4.69, 9.17) is 28.5 Å². The van der Waals surface area contributed by atoms with Gasteiger partial charge < -0.3 is 10.4 Å².